The Morgan fingerprint density at radius 2 is 1.60 bits per heavy atom. The van der Waals surface area contributed by atoms with E-state index in [1.165, 1.54) is 0 Å². The van der Waals surface area contributed by atoms with Gasteiger partial charge in [-0.1, -0.05) is 34.6 Å². The number of nitrogens with one attached hydrogen (secondary N) is 1. The summed E-state index contributed by atoms with van der Waals surface area (Å²) in [5, 5.41) is 3.57. The number of ether oxygens (including phenoxy) is 1. The van der Waals surface area contributed by atoms with Gasteiger partial charge >= 0.3 is 0 Å². The molecular formula is C13H29NO. The maximum atomic E-state index is 5.96. The number of likely N-dealkylation sites (N-methyl/N-ethyl adjacent to an activating group) is 1. The van der Waals surface area contributed by atoms with Gasteiger partial charge in [-0.2, -0.15) is 0 Å². The van der Waals surface area contributed by atoms with Crippen LogP contribution in [0.25, 0.3) is 0 Å². The quantitative estimate of drug-likeness (QED) is 0.734. The summed E-state index contributed by atoms with van der Waals surface area (Å²) in [4.78, 5) is 0. The first-order chi connectivity index (χ1) is 6.81. The first-order valence-corrected chi connectivity index (χ1v) is 6.19. The highest BCUT2D eigenvalue weighted by Gasteiger charge is 2.40. The van der Waals surface area contributed by atoms with Crippen molar-refractivity contribution in [2.24, 2.45) is 5.41 Å². The molecule has 15 heavy (non-hydrogen) atoms. The highest BCUT2D eigenvalue weighted by atomic mass is 16.5. The van der Waals surface area contributed by atoms with Crippen LogP contribution in [0, 0.1) is 5.41 Å². The Labute approximate surface area is 95.8 Å². The molecule has 0 aliphatic carbocycles. The van der Waals surface area contributed by atoms with Crippen molar-refractivity contribution >= 4 is 0 Å². The molecule has 92 valence electrons. The molecule has 0 aliphatic heterocycles. The molecule has 0 aliphatic rings. The van der Waals surface area contributed by atoms with Crippen molar-refractivity contribution in [3.05, 3.63) is 0 Å². The molecule has 0 amide bonds. The summed E-state index contributed by atoms with van der Waals surface area (Å²) in [6.45, 7) is 17.2. The van der Waals surface area contributed by atoms with Gasteiger partial charge in [-0.25, -0.2) is 0 Å². The van der Waals surface area contributed by atoms with Crippen LogP contribution < -0.4 is 5.32 Å². The van der Waals surface area contributed by atoms with E-state index in [-0.39, 0.29) is 11.0 Å². The van der Waals surface area contributed by atoms with Crippen LogP contribution in [0.15, 0.2) is 0 Å². The summed E-state index contributed by atoms with van der Waals surface area (Å²) in [6, 6.07) is 0.389. The lowest BCUT2D eigenvalue weighted by Gasteiger charge is -2.44. The average molecular weight is 215 g/mol. The Morgan fingerprint density at radius 3 is 1.87 bits per heavy atom. The second-order valence-electron chi connectivity index (χ2n) is 5.46. The number of rotatable bonds is 6. The van der Waals surface area contributed by atoms with Gasteiger partial charge in [-0.05, 0) is 32.2 Å². The Kier molecular flexibility index (Phi) is 5.82. The zero-order valence-electron chi connectivity index (χ0n) is 11.6. The van der Waals surface area contributed by atoms with Gasteiger partial charge in [0, 0.05) is 12.6 Å². The van der Waals surface area contributed by atoms with Crippen LogP contribution >= 0.6 is 0 Å². The van der Waals surface area contributed by atoms with Crippen LogP contribution in [0.2, 0.25) is 0 Å². The van der Waals surface area contributed by atoms with Crippen LogP contribution in [0.5, 0.6) is 0 Å². The predicted octanol–water partition coefficient (Wildman–Crippen LogP) is 3.22. The monoisotopic (exact) mass is 215 g/mol. The van der Waals surface area contributed by atoms with E-state index >= 15 is 0 Å². The number of hydrogen-bond acceptors (Lipinski definition) is 2. The lowest BCUT2D eigenvalue weighted by atomic mass is 9.75. The summed E-state index contributed by atoms with van der Waals surface area (Å²) in [6.07, 6.45) is 1.04. The Hall–Kier alpha value is -0.0800. The summed E-state index contributed by atoms with van der Waals surface area (Å²) in [5.74, 6) is 0. The standard InChI is InChI=1S/C13H29NO/c1-8-13(7,15-10-3)11(14-9-2)12(4,5)6/h11,14H,8-10H2,1-7H3. The summed E-state index contributed by atoms with van der Waals surface area (Å²) < 4.78 is 5.96. The van der Waals surface area contributed by atoms with Crippen LogP contribution in [0.1, 0.15) is 54.9 Å². The molecule has 1 N–H and O–H groups in total. The van der Waals surface area contributed by atoms with Gasteiger partial charge in [-0.15, -0.1) is 0 Å². The predicted molar refractivity (Wildman–Crippen MR) is 67.2 cm³/mol. The largest absolute Gasteiger partial charge is 0.374 e. The second-order valence-corrected chi connectivity index (χ2v) is 5.46. The minimum absolute atomic E-state index is 0.0665. The van der Waals surface area contributed by atoms with Crippen LogP contribution in [0.3, 0.4) is 0 Å². The fourth-order valence-corrected chi connectivity index (χ4v) is 2.36. The van der Waals surface area contributed by atoms with Crippen molar-refractivity contribution in [3.63, 3.8) is 0 Å². The van der Waals surface area contributed by atoms with Crippen molar-refractivity contribution in [2.75, 3.05) is 13.2 Å². The Morgan fingerprint density at radius 1 is 1.07 bits per heavy atom. The number of hydrogen-bond donors (Lipinski definition) is 1. The van der Waals surface area contributed by atoms with E-state index in [4.69, 9.17) is 4.74 Å². The molecule has 0 radical (unpaired) electrons. The van der Waals surface area contributed by atoms with Gasteiger partial charge in [0.25, 0.3) is 0 Å². The molecule has 0 spiro atoms. The van der Waals surface area contributed by atoms with Crippen molar-refractivity contribution in [1.29, 1.82) is 0 Å². The molecule has 0 rings (SSSR count). The third kappa shape index (κ3) is 4.12. The van der Waals surface area contributed by atoms with E-state index in [1.54, 1.807) is 0 Å². The third-order valence-electron chi connectivity index (χ3n) is 3.06. The van der Waals surface area contributed by atoms with E-state index in [9.17, 15) is 0 Å². The molecule has 0 aromatic rings. The molecule has 2 heteroatoms. The zero-order chi connectivity index (χ0) is 12.1. The van der Waals surface area contributed by atoms with Gasteiger partial charge < -0.3 is 10.1 Å². The molecule has 0 bridgehead atoms. The minimum Gasteiger partial charge on any atom is -0.374 e. The Balaban J connectivity index is 4.84. The van der Waals surface area contributed by atoms with E-state index in [0.717, 1.165) is 19.6 Å². The minimum atomic E-state index is -0.0665. The molecule has 0 fully saturated rings. The Bertz CT molecular complexity index is 174. The molecular weight excluding hydrogens is 186 g/mol. The topological polar surface area (TPSA) is 21.3 Å². The molecule has 2 atom stereocenters. The van der Waals surface area contributed by atoms with Crippen molar-refractivity contribution in [1.82, 2.24) is 5.32 Å². The highest BCUT2D eigenvalue weighted by molar-refractivity contribution is 4.95. The van der Waals surface area contributed by atoms with E-state index in [1.807, 2.05) is 0 Å². The molecule has 0 aromatic heterocycles. The molecule has 0 heterocycles. The van der Waals surface area contributed by atoms with Crippen LogP contribution in [0.4, 0.5) is 0 Å². The van der Waals surface area contributed by atoms with Gasteiger partial charge in [-0.3, -0.25) is 0 Å². The van der Waals surface area contributed by atoms with E-state index in [2.05, 4.69) is 53.8 Å². The summed E-state index contributed by atoms with van der Waals surface area (Å²) in [7, 11) is 0. The highest BCUT2D eigenvalue weighted by Crippen LogP contribution is 2.32. The van der Waals surface area contributed by atoms with Crippen molar-refractivity contribution < 1.29 is 4.74 Å². The van der Waals surface area contributed by atoms with E-state index in [0.29, 0.717) is 6.04 Å². The first-order valence-electron chi connectivity index (χ1n) is 6.19. The second kappa shape index (κ2) is 5.86. The van der Waals surface area contributed by atoms with Crippen LogP contribution in [-0.2, 0) is 4.74 Å². The third-order valence-corrected chi connectivity index (χ3v) is 3.06. The fraction of sp³-hybridized carbons (Fsp3) is 1.00. The van der Waals surface area contributed by atoms with Gasteiger partial charge in [0.05, 0.1) is 5.60 Å². The van der Waals surface area contributed by atoms with Crippen molar-refractivity contribution in [3.8, 4) is 0 Å². The fourth-order valence-electron chi connectivity index (χ4n) is 2.36. The average Bonchev–Trinajstić information content (AvgIpc) is 2.12. The van der Waals surface area contributed by atoms with Crippen molar-refractivity contribution in [2.45, 2.75) is 66.5 Å². The normalized spacial score (nSPS) is 18.6. The molecule has 2 unspecified atom stereocenters. The lowest BCUT2D eigenvalue weighted by Crippen LogP contribution is -2.57. The molecule has 0 saturated carbocycles. The first kappa shape index (κ1) is 14.9. The zero-order valence-corrected chi connectivity index (χ0v) is 11.6. The SMILES string of the molecule is CCNC(C(C)(C)C)C(C)(CC)OCC. The summed E-state index contributed by atoms with van der Waals surface area (Å²) >= 11 is 0. The smallest absolute Gasteiger partial charge is 0.0809 e. The van der Waals surface area contributed by atoms with Crippen LogP contribution in [-0.4, -0.2) is 24.8 Å². The maximum Gasteiger partial charge on any atom is 0.0809 e. The molecule has 2 nitrogen and oxygen atoms in total. The molecule has 0 saturated heterocycles. The van der Waals surface area contributed by atoms with Gasteiger partial charge in [0.15, 0.2) is 0 Å². The van der Waals surface area contributed by atoms with Gasteiger partial charge in [0.2, 0.25) is 0 Å². The van der Waals surface area contributed by atoms with E-state index < -0.39 is 0 Å². The van der Waals surface area contributed by atoms with Gasteiger partial charge in [0.1, 0.15) is 0 Å². The lowest BCUT2D eigenvalue weighted by molar-refractivity contribution is -0.0805. The summed E-state index contributed by atoms with van der Waals surface area (Å²) in [5.41, 5.74) is 0.152. The molecule has 0 aromatic carbocycles. The maximum absolute atomic E-state index is 5.96.